The lowest BCUT2D eigenvalue weighted by atomic mass is 9.93. The molecule has 0 saturated carbocycles. The second-order valence-corrected chi connectivity index (χ2v) is 7.44. The Morgan fingerprint density at radius 1 is 1.03 bits per heavy atom. The van der Waals surface area contributed by atoms with E-state index in [2.05, 4.69) is 4.74 Å². The number of hydrogen-bond donors (Lipinski definition) is 1. The fourth-order valence-electron chi connectivity index (χ4n) is 3.60. The summed E-state index contributed by atoms with van der Waals surface area (Å²) in [7, 11) is 2.33. The molecule has 1 aliphatic heterocycles. The Labute approximate surface area is 193 Å². The predicted molar refractivity (Wildman–Crippen MR) is 115 cm³/mol. The van der Waals surface area contributed by atoms with E-state index in [4.69, 9.17) is 9.47 Å². The zero-order chi connectivity index (χ0) is 25.0. The van der Waals surface area contributed by atoms with E-state index in [1.54, 1.807) is 24.0 Å². The highest BCUT2D eigenvalue weighted by molar-refractivity contribution is 6.10. The van der Waals surface area contributed by atoms with Gasteiger partial charge in [0.1, 0.15) is 11.5 Å². The van der Waals surface area contributed by atoms with Gasteiger partial charge in [0, 0.05) is 12.7 Å². The van der Waals surface area contributed by atoms with Gasteiger partial charge in [0.15, 0.2) is 0 Å². The van der Waals surface area contributed by atoms with Gasteiger partial charge in [-0.15, -0.1) is 13.2 Å². The van der Waals surface area contributed by atoms with Crippen molar-refractivity contribution in [2.24, 2.45) is 0 Å². The number of phenolic OH excluding ortho intramolecular Hbond substituents is 1. The average molecular weight is 477 g/mol. The summed E-state index contributed by atoms with van der Waals surface area (Å²) in [4.78, 5) is 26.8. The first-order valence-corrected chi connectivity index (χ1v) is 10.1. The molecule has 0 amide bonds. The lowest BCUT2D eigenvalue weighted by molar-refractivity contribution is -0.274. The van der Waals surface area contributed by atoms with Crippen LogP contribution in [0.2, 0.25) is 0 Å². The Hall–Kier alpha value is -3.95. The van der Waals surface area contributed by atoms with E-state index in [0.717, 1.165) is 7.11 Å². The minimum absolute atomic E-state index is 0.0168. The molecule has 2 aromatic rings. The number of aromatic hydroxyl groups is 1. The van der Waals surface area contributed by atoms with E-state index in [-0.39, 0.29) is 23.4 Å². The topological polar surface area (TPSA) is 85.3 Å². The number of fused-ring (bicyclic) bond motifs is 1. The molecule has 34 heavy (non-hydrogen) atoms. The monoisotopic (exact) mass is 477 g/mol. The van der Waals surface area contributed by atoms with Crippen LogP contribution in [0.25, 0.3) is 6.08 Å². The normalized spacial score (nSPS) is 15.8. The summed E-state index contributed by atoms with van der Waals surface area (Å²) < 4.78 is 51.7. The van der Waals surface area contributed by atoms with Crippen molar-refractivity contribution in [1.29, 1.82) is 0 Å². The number of alkyl halides is 3. The maximum Gasteiger partial charge on any atom is 0.573 e. The molecule has 0 aromatic heterocycles. The number of ether oxygens (including phenoxy) is 3. The largest absolute Gasteiger partial charge is 0.573 e. The number of rotatable bonds is 5. The van der Waals surface area contributed by atoms with Gasteiger partial charge >= 0.3 is 18.3 Å². The van der Waals surface area contributed by atoms with Crippen molar-refractivity contribution in [2.45, 2.75) is 25.9 Å². The first-order chi connectivity index (χ1) is 16.0. The van der Waals surface area contributed by atoms with E-state index in [1.165, 1.54) is 49.7 Å². The molecule has 1 N–H and O–H groups in total. The van der Waals surface area contributed by atoms with Gasteiger partial charge in [-0.2, -0.15) is 0 Å². The van der Waals surface area contributed by atoms with Crippen molar-refractivity contribution < 1.29 is 42.1 Å². The quantitative estimate of drug-likeness (QED) is 0.636. The van der Waals surface area contributed by atoms with Gasteiger partial charge in [0.05, 0.1) is 31.4 Å². The average Bonchev–Trinajstić information content (AvgIpc) is 2.78. The lowest BCUT2D eigenvalue weighted by Gasteiger charge is -2.32. The summed E-state index contributed by atoms with van der Waals surface area (Å²) >= 11 is 0. The summed E-state index contributed by atoms with van der Waals surface area (Å²) in [5, 5.41) is 10.0. The number of nitrogens with zero attached hydrogens (tertiary/aromatic N) is 1. The zero-order valence-electron chi connectivity index (χ0n) is 18.6. The van der Waals surface area contributed by atoms with Gasteiger partial charge in [-0.05, 0) is 54.0 Å². The molecule has 1 atom stereocenters. The van der Waals surface area contributed by atoms with Gasteiger partial charge in [0.2, 0.25) is 0 Å². The summed E-state index contributed by atoms with van der Waals surface area (Å²) in [6, 6.07) is 9.47. The second-order valence-electron chi connectivity index (χ2n) is 7.44. The number of carbonyl (C=O) groups excluding carboxylic acids is 2. The summed E-state index contributed by atoms with van der Waals surface area (Å²) in [6.07, 6.45) is -1.99. The third kappa shape index (κ3) is 5.69. The van der Waals surface area contributed by atoms with Crippen LogP contribution in [0, 0.1) is 0 Å². The highest BCUT2D eigenvalue weighted by Crippen LogP contribution is 2.35. The van der Waals surface area contributed by atoms with Crippen LogP contribution in [0.1, 0.15) is 29.7 Å². The molecule has 1 aliphatic rings. The molecule has 7 nitrogen and oxygen atoms in total. The van der Waals surface area contributed by atoms with Crippen LogP contribution in [0.4, 0.5) is 13.2 Å². The molecule has 2 aromatic carbocycles. The maximum atomic E-state index is 12.7. The molecular weight excluding hydrogens is 455 g/mol. The maximum absolute atomic E-state index is 12.7. The summed E-state index contributed by atoms with van der Waals surface area (Å²) in [6.45, 7) is 1.83. The Morgan fingerprint density at radius 2 is 1.71 bits per heavy atom. The smallest absolute Gasteiger partial charge is 0.508 e. The van der Waals surface area contributed by atoms with Crippen LogP contribution in [0.15, 0.2) is 59.8 Å². The number of halogens is 3. The molecule has 1 heterocycles. The van der Waals surface area contributed by atoms with Crippen molar-refractivity contribution in [2.75, 3.05) is 14.2 Å². The summed E-state index contributed by atoms with van der Waals surface area (Å²) in [5.74, 6) is -2.00. The number of methoxy groups -OCH3 is 2. The molecule has 0 bridgehead atoms. The van der Waals surface area contributed by atoms with E-state index >= 15 is 0 Å². The lowest BCUT2D eigenvalue weighted by Crippen LogP contribution is -2.27. The molecule has 180 valence electrons. The molecule has 10 heteroatoms. The molecule has 0 fully saturated rings. The second kappa shape index (κ2) is 9.90. The number of phenols is 1. The standard InChI is InChI=1S/C24H22F3NO6/c1-14-19-11-17(29)8-7-16(19)10-20(22(30)32-2)21(23(31)33-3)13-28(14)12-15-5-4-6-18(9-15)34-24(25,26)27/h4-11,13-14,29H,12H2,1-3H3. The Kier molecular flexibility index (Phi) is 7.19. The Morgan fingerprint density at radius 3 is 2.35 bits per heavy atom. The zero-order valence-corrected chi connectivity index (χ0v) is 18.6. The van der Waals surface area contributed by atoms with Crippen molar-refractivity contribution in [1.82, 2.24) is 4.90 Å². The van der Waals surface area contributed by atoms with Gasteiger partial charge in [-0.3, -0.25) is 0 Å². The SMILES string of the molecule is COC(=O)C1=Cc2ccc(O)cc2C(C)N(Cc2cccc(OC(F)(F)F)c2)C=C1C(=O)OC. The van der Waals surface area contributed by atoms with Gasteiger partial charge in [0.25, 0.3) is 0 Å². The molecular formula is C24H22F3NO6. The van der Waals surface area contributed by atoms with Crippen molar-refractivity contribution in [3.05, 3.63) is 76.5 Å². The van der Waals surface area contributed by atoms with Crippen molar-refractivity contribution >= 4 is 18.0 Å². The van der Waals surface area contributed by atoms with Crippen LogP contribution >= 0.6 is 0 Å². The van der Waals surface area contributed by atoms with Crippen LogP contribution in [-0.2, 0) is 25.6 Å². The predicted octanol–water partition coefficient (Wildman–Crippen LogP) is 4.48. The molecule has 0 saturated heterocycles. The number of carbonyl (C=O) groups is 2. The Balaban J connectivity index is 2.14. The number of benzene rings is 2. The van der Waals surface area contributed by atoms with E-state index in [0.29, 0.717) is 16.7 Å². The summed E-state index contributed by atoms with van der Waals surface area (Å²) in [5.41, 5.74) is 1.43. The molecule has 1 unspecified atom stereocenters. The number of hydrogen-bond acceptors (Lipinski definition) is 7. The molecule has 0 aliphatic carbocycles. The van der Waals surface area contributed by atoms with E-state index in [9.17, 15) is 27.9 Å². The van der Waals surface area contributed by atoms with Crippen molar-refractivity contribution in [3.63, 3.8) is 0 Å². The Bertz CT molecular complexity index is 1160. The number of esters is 2. The molecule has 0 radical (unpaired) electrons. The van der Waals surface area contributed by atoms with Crippen LogP contribution in [-0.4, -0.2) is 42.5 Å². The van der Waals surface area contributed by atoms with Gasteiger partial charge < -0.3 is 24.2 Å². The van der Waals surface area contributed by atoms with Crippen molar-refractivity contribution in [3.8, 4) is 11.5 Å². The molecule has 3 rings (SSSR count). The highest BCUT2D eigenvalue weighted by atomic mass is 19.4. The van der Waals surface area contributed by atoms with Crippen LogP contribution in [0.3, 0.4) is 0 Å². The first-order valence-electron chi connectivity index (χ1n) is 10.1. The fraction of sp³-hybridized carbons (Fsp3) is 0.250. The van der Waals surface area contributed by atoms with Crippen LogP contribution < -0.4 is 4.74 Å². The van der Waals surface area contributed by atoms with Gasteiger partial charge in [-0.25, -0.2) is 9.59 Å². The van der Waals surface area contributed by atoms with Crippen LogP contribution in [0.5, 0.6) is 11.5 Å². The van der Waals surface area contributed by atoms with Gasteiger partial charge in [-0.1, -0.05) is 18.2 Å². The third-order valence-electron chi connectivity index (χ3n) is 5.21. The highest BCUT2D eigenvalue weighted by Gasteiger charge is 2.32. The first kappa shape index (κ1) is 24.7. The molecule has 0 spiro atoms. The van der Waals surface area contributed by atoms with E-state index < -0.39 is 30.1 Å². The van der Waals surface area contributed by atoms with E-state index in [1.807, 2.05) is 0 Å². The fourth-order valence-corrected chi connectivity index (χ4v) is 3.60. The minimum Gasteiger partial charge on any atom is -0.508 e. The minimum atomic E-state index is -4.85. The third-order valence-corrected chi connectivity index (χ3v) is 5.21.